The van der Waals surface area contributed by atoms with Gasteiger partial charge in [-0.05, 0) is 108 Å². The summed E-state index contributed by atoms with van der Waals surface area (Å²) >= 11 is 0. The zero-order valence-corrected chi connectivity index (χ0v) is 30.3. The van der Waals surface area contributed by atoms with Crippen molar-refractivity contribution in [3.63, 3.8) is 0 Å². The monoisotopic (exact) mass is 699 g/mol. The van der Waals surface area contributed by atoms with Gasteiger partial charge in [0.25, 0.3) is 0 Å². The Kier molecular flexibility index (Phi) is 8.24. The van der Waals surface area contributed by atoms with Crippen molar-refractivity contribution in [3.8, 4) is 44.5 Å². The number of rotatable bonds is 7. The summed E-state index contributed by atoms with van der Waals surface area (Å²) in [6, 6.07) is 81.5. The largest absolute Gasteiger partial charge is 0.310 e. The van der Waals surface area contributed by atoms with Crippen LogP contribution in [-0.2, 0) is 0 Å². The lowest BCUT2D eigenvalue weighted by atomic mass is 9.91. The molecule has 1 nitrogen and oxygen atoms in total. The maximum atomic E-state index is 2.42. The van der Waals surface area contributed by atoms with Crippen LogP contribution in [0.25, 0.3) is 76.8 Å². The van der Waals surface area contributed by atoms with Crippen LogP contribution in [0.5, 0.6) is 0 Å². The molecular weight excluding hydrogens is 663 g/mol. The second-order valence-corrected chi connectivity index (χ2v) is 14.1. The van der Waals surface area contributed by atoms with E-state index in [9.17, 15) is 0 Å². The van der Waals surface area contributed by atoms with E-state index in [1.165, 1.54) is 76.8 Å². The Bertz CT molecular complexity index is 2960. The molecule has 0 bridgehead atoms. The number of nitrogens with zero attached hydrogens (tertiary/aromatic N) is 1. The van der Waals surface area contributed by atoms with Crippen LogP contribution in [0.3, 0.4) is 0 Å². The minimum absolute atomic E-state index is 1.10. The van der Waals surface area contributed by atoms with Crippen molar-refractivity contribution in [2.75, 3.05) is 4.90 Å². The number of hydrogen-bond donors (Lipinski definition) is 0. The molecule has 0 unspecified atom stereocenters. The second kappa shape index (κ2) is 14.0. The molecule has 0 N–H and O–H groups in total. The Morgan fingerprint density at radius 1 is 0.255 bits per heavy atom. The molecule has 1 heteroatoms. The Labute approximate surface area is 322 Å². The van der Waals surface area contributed by atoms with Crippen molar-refractivity contribution < 1.29 is 0 Å². The highest BCUT2D eigenvalue weighted by atomic mass is 15.1. The van der Waals surface area contributed by atoms with Crippen LogP contribution in [0.2, 0.25) is 0 Å². The normalized spacial score (nSPS) is 11.3. The summed E-state index contributed by atoms with van der Waals surface area (Å²) < 4.78 is 0. The minimum atomic E-state index is 1.10. The molecule has 0 atom stereocenters. The van der Waals surface area contributed by atoms with Gasteiger partial charge in [-0.15, -0.1) is 0 Å². The average Bonchev–Trinajstić information content (AvgIpc) is 3.27. The highest BCUT2D eigenvalue weighted by Gasteiger charge is 2.19. The predicted octanol–water partition coefficient (Wildman–Crippen LogP) is 15.3. The first-order valence-corrected chi connectivity index (χ1v) is 18.9. The predicted molar refractivity (Wildman–Crippen MR) is 235 cm³/mol. The standard InChI is InChI=1S/C54H37N/c1-3-14-38(15-4-1)40-30-32-46(33-31-40)55(53-35-34-48(51-24-9-10-25-52(51)53)45-29-28-39-16-7-8-19-43(39)36-45)47-23-11-22-44(37-47)50-27-13-21-42-20-12-26-49(54(42)50)41-17-5-2-6-18-41/h1-37H. The lowest BCUT2D eigenvalue weighted by molar-refractivity contribution is 1.30. The van der Waals surface area contributed by atoms with Gasteiger partial charge in [0.2, 0.25) is 0 Å². The molecule has 55 heavy (non-hydrogen) atoms. The molecular formula is C54H37N. The molecule has 0 spiro atoms. The van der Waals surface area contributed by atoms with Gasteiger partial charge in [-0.1, -0.05) is 188 Å². The molecule has 0 aliphatic carbocycles. The van der Waals surface area contributed by atoms with Gasteiger partial charge in [-0.25, -0.2) is 0 Å². The molecule has 0 heterocycles. The quantitative estimate of drug-likeness (QED) is 0.160. The van der Waals surface area contributed by atoms with Gasteiger partial charge in [0.15, 0.2) is 0 Å². The maximum absolute atomic E-state index is 2.42. The molecule has 10 rings (SSSR count). The van der Waals surface area contributed by atoms with E-state index in [4.69, 9.17) is 0 Å². The van der Waals surface area contributed by atoms with Crippen LogP contribution < -0.4 is 4.90 Å². The maximum Gasteiger partial charge on any atom is 0.0540 e. The summed E-state index contributed by atoms with van der Waals surface area (Å²) in [5, 5.41) is 7.40. The fourth-order valence-corrected chi connectivity index (χ4v) is 8.20. The molecule has 0 saturated heterocycles. The summed E-state index contributed by atoms with van der Waals surface area (Å²) in [5.74, 6) is 0. The highest BCUT2D eigenvalue weighted by Crippen LogP contribution is 2.44. The van der Waals surface area contributed by atoms with Crippen LogP contribution in [-0.4, -0.2) is 0 Å². The summed E-state index contributed by atoms with van der Waals surface area (Å²) in [6.07, 6.45) is 0. The summed E-state index contributed by atoms with van der Waals surface area (Å²) in [5.41, 5.74) is 13.0. The van der Waals surface area contributed by atoms with Gasteiger partial charge < -0.3 is 4.90 Å². The highest BCUT2D eigenvalue weighted by molar-refractivity contribution is 6.09. The van der Waals surface area contributed by atoms with Crippen LogP contribution in [0.4, 0.5) is 17.1 Å². The Hall–Kier alpha value is -7.22. The molecule has 0 fully saturated rings. The number of anilines is 3. The fourth-order valence-electron chi connectivity index (χ4n) is 8.20. The molecule has 0 saturated carbocycles. The lowest BCUT2D eigenvalue weighted by Crippen LogP contribution is -2.11. The van der Waals surface area contributed by atoms with E-state index in [1.54, 1.807) is 0 Å². The summed E-state index contributed by atoms with van der Waals surface area (Å²) in [6.45, 7) is 0. The van der Waals surface area contributed by atoms with Crippen molar-refractivity contribution in [2.45, 2.75) is 0 Å². The van der Waals surface area contributed by atoms with Crippen molar-refractivity contribution in [1.29, 1.82) is 0 Å². The van der Waals surface area contributed by atoms with Gasteiger partial charge in [-0.2, -0.15) is 0 Å². The first-order chi connectivity index (χ1) is 27.3. The summed E-state index contributed by atoms with van der Waals surface area (Å²) in [7, 11) is 0. The van der Waals surface area contributed by atoms with Gasteiger partial charge in [0.1, 0.15) is 0 Å². The second-order valence-electron chi connectivity index (χ2n) is 14.1. The van der Waals surface area contributed by atoms with E-state index < -0.39 is 0 Å². The van der Waals surface area contributed by atoms with Crippen LogP contribution in [0, 0.1) is 0 Å². The third-order valence-corrected chi connectivity index (χ3v) is 10.8. The van der Waals surface area contributed by atoms with Crippen LogP contribution in [0.15, 0.2) is 224 Å². The lowest BCUT2D eigenvalue weighted by Gasteiger charge is -2.28. The van der Waals surface area contributed by atoms with E-state index >= 15 is 0 Å². The van der Waals surface area contributed by atoms with Crippen LogP contribution in [0.1, 0.15) is 0 Å². The zero-order valence-electron chi connectivity index (χ0n) is 30.3. The Morgan fingerprint density at radius 3 is 1.56 bits per heavy atom. The van der Waals surface area contributed by atoms with E-state index in [-0.39, 0.29) is 0 Å². The molecule has 0 aromatic heterocycles. The van der Waals surface area contributed by atoms with Gasteiger partial charge in [0.05, 0.1) is 5.69 Å². The van der Waals surface area contributed by atoms with Gasteiger partial charge >= 0.3 is 0 Å². The third kappa shape index (κ3) is 6.02. The van der Waals surface area contributed by atoms with Crippen molar-refractivity contribution in [2.24, 2.45) is 0 Å². The first kappa shape index (κ1) is 32.4. The van der Waals surface area contributed by atoms with Gasteiger partial charge in [-0.3, -0.25) is 0 Å². The third-order valence-electron chi connectivity index (χ3n) is 10.8. The first-order valence-electron chi connectivity index (χ1n) is 18.9. The van der Waals surface area contributed by atoms with Crippen LogP contribution >= 0.6 is 0 Å². The SMILES string of the molecule is c1ccc(-c2ccc(N(c3cccc(-c4cccc5cccc(-c6ccccc6)c45)c3)c3ccc(-c4ccc5ccccc5c4)c4ccccc34)cc2)cc1. The van der Waals surface area contributed by atoms with Crippen molar-refractivity contribution in [3.05, 3.63) is 224 Å². The summed E-state index contributed by atoms with van der Waals surface area (Å²) in [4.78, 5) is 2.42. The topological polar surface area (TPSA) is 3.24 Å². The van der Waals surface area contributed by atoms with E-state index in [0.717, 1.165) is 17.1 Å². The molecule has 10 aromatic rings. The number of benzene rings is 10. The van der Waals surface area contributed by atoms with E-state index in [1.807, 2.05) is 0 Å². The molecule has 0 radical (unpaired) electrons. The number of fused-ring (bicyclic) bond motifs is 3. The van der Waals surface area contributed by atoms with Gasteiger partial charge in [0, 0.05) is 16.8 Å². The smallest absolute Gasteiger partial charge is 0.0540 e. The van der Waals surface area contributed by atoms with Crippen molar-refractivity contribution in [1.82, 2.24) is 0 Å². The van der Waals surface area contributed by atoms with E-state index in [2.05, 4.69) is 229 Å². The minimum Gasteiger partial charge on any atom is -0.310 e. The molecule has 258 valence electrons. The average molecular weight is 700 g/mol. The molecule has 0 aliphatic heterocycles. The number of hydrogen-bond acceptors (Lipinski definition) is 1. The molecule has 0 aliphatic rings. The molecule has 0 amide bonds. The zero-order chi connectivity index (χ0) is 36.6. The van der Waals surface area contributed by atoms with Crippen molar-refractivity contribution >= 4 is 49.4 Å². The Morgan fingerprint density at radius 2 is 0.800 bits per heavy atom. The molecule has 10 aromatic carbocycles. The van der Waals surface area contributed by atoms with E-state index in [0.29, 0.717) is 0 Å². The Balaban J connectivity index is 1.16. The fraction of sp³-hybridized carbons (Fsp3) is 0.